The highest BCUT2D eigenvalue weighted by molar-refractivity contribution is 7.13. The lowest BCUT2D eigenvalue weighted by Gasteiger charge is -2.56. The summed E-state index contributed by atoms with van der Waals surface area (Å²) in [5.41, 5.74) is 0.871. The third-order valence-corrected chi connectivity index (χ3v) is 6.06. The number of phenolic OH excluding ortho intramolecular Hbond substituents is 1. The van der Waals surface area contributed by atoms with Gasteiger partial charge < -0.3 is 9.84 Å². The molecule has 1 aliphatic rings. The summed E-state index contributed by atoms with van der Waals surface area (Å²) in [6.45, 7) is 7.94. The predicted molar refractivity (Wildman–Crippen MR) is 99.3 cm³/mol. The van der Waals surface area contributed by atoms with Crippen molar-refractivity contribution >= 4 is 11.3 Å². The van der Waals surface area contributed by atoms with E-state index in [0.29, 0.717) is 0 Å². The first-order valence-electron chi connectivity index (χ1n) is 8.42. The molecule has 3 unspecified atom stereocenters. The molecule has 1 N–H and O–H groups in total. The van der Waals surface area contributed by atoms with Crippen LogP contribution in [0.5, 0.6) is 5.75 Å². The Hall–Kier alpha value is -1.66. The van der Waals surface area contributed by atoms with E-state index in [1.165, 1.54) is 0 Å². The highest BCUT2D eigenvalue weighted by Gasteiger charge is 2.66. The smallest absolute Gasteiger partial charge is 0.260 e. The summed E-state index contributed by atoms with van der Waals surface area (Å²) in [5.74, 6) is -0.675. The number of benzene rings is 1. The maximum Gasteiger partial charge on any atom is 0.260 e. The van der Waals surface area contributed by atoms with Crippen molar-refractivity contribution in [3.05, 3.63) is 53.9 Å². The Bertz CT molecular complexity index is 738. The minimum atomic E-state index is -1.05. The fourth-order valence-corrected chi connectivity index (χ4v) is 4.39. The molecule has 0 spiro atoms. The number of aromatic hydroxyl groups is 1. The van der Waals surface area contributed by atoms with Gasteiger partial charge in [-0.1, -0.05) is 25.1 Å². The van der Waals surface area contributed by atoms with Crippen molar-refractivity contribution < 1.29 is 19.6 Å². The van der Waals surface area contributed by atoms with Crippen LogP contribution in [-0.2, 0) is 20.3 Å². The summed E-state index contributed by atoms with van der Waals surface area (Å²) >= 11 is 1.59. The van der Waals surface area contributed by atoms with Crippen LogP contribution in [0.15, 0.2) is 48.4 Å². The molecule has 0 aliphatic carbocycles. The van der Waals surface area contributed by atoms with E-state index in [1.54, 1.807) is 24.5 Å². The van der Waals surface area contributed by atoms with Gasteiger partial charge in [-0.2, -0.15) is 4.89 Å². The van der Waals surface area contributed by atoms with E-state index < -0.39 is 11.4 Å². The minimum Gasteiger partial charge on any atom is -0.507 e. The lowest BCUT2D eigenvalue weighted by molar-refractivity contribution is -0.624. The number of rotatable bonds is 7. The first kappa shape index (κ1) is 18.1. The van der Waals surface area contributed by atoms with E-state index in [9.17, 15) is 5.11 Å². The van der Waals surface area contributed by atoms with Gasteiger partial charge in [-0.15, -0.1) is 17.9 Å². The number of phenols is 1. The topological polar surface area (TPSA) is 47.9 Å². The molecule has 4 nitrogen and oxygen atoms in total. The maximum atomic E-state index is 10.5. The van der Waals surface area contributed by atoms with Crippen molar-refractivity contribution in [3.8, 4) is 16.2 Å². The summed E-state index contributed by atoms with van der Waals surface area (Å²) in [6.07, 6.45) is 3.58. The normalized spacial score (nSPS) is 26.8. The fourth-order valence-electron chi connectivity index (χ4n) is 3.63. The third kappa shape index (κ3) is 2.72. The zero-order valence-corrected chi connectivity index (χ0v) is 15.6. The third-order valence-electron chi connectivity index (χ3n) is 5.16. The average Bonchev–Trinajstić information content (AvgIpc) is 3.13. The zero-order valence-electron chi connectivity index (χ0n) is 14.8. The van der Waals surface area contributed by atoms with Gasteiger partial charge in [0.05, 0.1) is 0 Å². The first-order chi connectivity index (χ1) is 12.0. The summed E-state index contributed by atoms with van der Waals surface area (Å²) in [7, 11) is 1.60. The molecule has 2 aromatic rings. The molecule has 1 aromatic carbocycles. The number of ether oxygens (including phenoxy) is 1. The molecule has 134 valence electrons. The molecule has 1 aliphatic heterocycles. The molecule has 0 amide bonds. The highest BCUT2D eigenvalue weighted by atomic mass is 32.1. The molecule has 0 bridgehead atoms. The van der Waals surface area contributed by atoms with Gasteiger partial charge in [0.2, 0.25) is 0 Å². The quantitative estimate of drug-likeness (QED) is 0.542. The molecule has 1 aromatic heterocycles. The second-order valence-electron chi connectivity index (χ2n) is 6.43. The Morgan fingerprint density at radius 2 is 2.16 bits per heavy atom. The molecule has 0 radical (unpaired) electrons. The van der Waals surface area contributed by atoms with Crippen LogP contribution < -0.4 is 0 Å². The molecule has 0 saturated carbocycles. The molecule has 3 rings (SSSR count). The number of hydrogen-bond acceptors (Lipinski definition) is 5. The van der Waals surface area contributed by atoms with Gasteiger partial charge in [0.1, 0.15) is 5.75 Å². The van der Waals surface area contributed by atoms with Crippen LogP contribution in [0.1, 0.15) is 32.3 Å². The van der Waals surface area contributed by atoms with Crippen LogP contribution in [0.4, 0.5) is 0 Å². The monoisotopic (exact) mass is 360 g/mol. The molecule has 2 heterocycles. The van der Waals surface area contributed by atoms with Gasteiger partial charge in [0.25, 0.3) is 5.79 Å². The van der Waals surface area contributed by atoms with E-state index in [4.69, 9.17) is 14.5 Å². The number of allylic oxidation sites excluding steroid dienone is 1. The van der Waals surface area contributed by atoms with Crippen molar-refractivity contribution in [1.29, 1.82) is 0 Å². The Balaban J connectivity index is 2.01. The van der Waals surface area contributed by atoms with Crippen molar-refractivity contribution in [3.63, 3.8) is 0 Å². The summed E-state index contributed by atoms with van der Waals surface area (Å²) in [4.78, 5) is 12.1. The first-order valence-corrected chi connectivity index (χ1v) is 9.30. The second kappa shape index (κ2) is 6.92. The Morgan fingerprint density at radius 1 is 1.36 bits per heavy atom. The standard InChI is InChI=1S/C20H24O4S/c1-5-8-14(6-2)19(3)20(22-4,24-23-19)15-10-11-16(17(21)13-15)18-9-7-12-25-18/h5,7,9-14,21H,1,6,8H2,2-4H3. The number of thiophene rings is 1. The van der Waals surface area contributed by atoms with E-state index >= 15 is 0 Å². The maximum absolute atomic E-state index is 10.5. The number of methoxy groups -OCH3 is 1. The summed E-state index contributed by atoms with van der Waals surface area (Å²) in [5, 5.41) is 12.5. The average molecular weight is 360 g/mol. The largest absolute Gasteiger partial charge is 0.507 e. The van der Waals surface area contributed by atoms with E-state index in [-0.39, 0.29) is 11.7 Å². The van der Waals surface area contributed by atoms with Gasteiger partial charge in [0.15, 0.2) is 5.60 Å². The molecule has 1 saturated heterocycles. The fraction of sp³-hybridized carbons (Fsp3) is 0.400. The summed E-state index contributed by atoms with van der Waals surface area (Å²) < 4.78 is 5.80. The van der Waals surface area contributed by atoms with Gasteiger partial charge in [-0.25, -0.2) is 4.89 Å². The molecule has 1 fully saturated rings. The van der Waals surface area contributed by atoms with Crippen molar-refractivity contribution in [1.82, 2.24) is 0 Å². The van der Waals surface area contributed by atoms with Gasteiger partial charge in [-0.3, -0.25) is 0 Å². The van der Waals surface area contributed by atoms with Crippen molar-refractivity contribution in [2.75, 3.05) is 7.11 Å². The van der Waals surface area contributed by atoms with Gasteiger partial charge >= 0.3 is 0 Å². The zero-order chi connectivity index (χ0) is 18.1. The molecule has 5 heteroatoms. The van der Waals surface area contributed by atoms with E-state index in [0.717, 1.165) is 28.8 Å². The van der Waals surface area contributed by atoms with Crippen LogP contribution >= 0.6 is 11.3 Å². The van der Waals surface area contributed by atoms with Gasteiger partial charge in [0, 0.05) is 23.1 Å². The molecule has 3 atom stereocenters. The van der Waals surface area contributed by atoms with Crippen LogP contribution in [0, 0.1) is 5.92 Å². The molecule has 25 heavy (non-hydrogen) atoms. The van der Waals surface area contributed by atoms with Crippen LogP contribution in [0.2, 0.25) is 0 Å². The molecular formula is C20H24O4S. The number of hydrogen-bond donors (Lipinski definition) is 1. The molecular weight excluding hydrogens is 336 g/mol. The predicted octanol–water partition coefficient (Wildman–Crippen LogP) is 5.24. The minimum absolute atomic E-state index is 0.179. The van der Waals surface area contributed by atoms with Crippen LogP contribution in [0.25, 0.3) is 10.4 Å². The SMILES string of the molecule is C=CCC(CC)C1(C)OOC1(OC)c1ccc(-c2cccs2)c(O)c1. The van der Waals surface area contributed by atoms with Crippen LogP contribution in [-0.4, -0.2) is 17.8 Å². The van der Waals surface area contributed by atoms with E-state index in [1.807, 2.05) is 42.6 Å². The van der Waals surface area contributed by atoms with Crippen LogP contribution in [0.3, 0.4) is 0 Å². The van der Waals surface area contributed by atoms with Gasteiger partial charge in [-0.05, 0) is 49.3 Å². The van der Waals surface area contributed by atoms with Crippen molar-refractivity contribution in [2.24, 2.45) is 5.92 Å². The Morgan fingerprint density at radius 3 is 2.64 bits per heavy atom. The Kier molecular flexibility index (Phi) is 5.02. The lowest BCUT2D eigenvalue weighted by atomic mass is 9.74. The Labute approximate surface area is 152 Å². The summed E-state index contributed by atoms with van der Waals surface area (Å²) in [6, 6.07) is 9.48. The lowest BCUT2D eigenvalue weighted by Crippen LogP contribution is -2.67. The van der Waals surface area contributed by atoms with Crippen molar-refractivity contribution in [2.45, 2.75) is 38.1 Å². The highest BCUT2D eigenvalue weighted by Crippen LogP contribution is 2.55. The van der Waals surface area contributed by atoms with E-state index in [2.05, 4.69) is 13.5 Å². The second-order valence-corrected chi connectivity index (χ2v) is 7.38.